The standard InChI is InChI=1S/C17H28N2O2/c1-4-5-6-7-8-13-17(2,16(18)20)19-14-9-11-15(21-3)12-10-14/h9-12,19H,4-8,13H2,1-3H3,(H2,18,20). The monoisotopic (exact) mass is 292 g/mol. The molecule has 0 spiro atoms. The Hall–Kier alpha value is -1.71. The Balaban J connectivity index is 2.59. The van der Waals surface area contributed by atoms with Gasteiger partial charge >= 0.3 is 0 Å². The van der Waals surface area contributed by atoms with Crippen LogP contribution < -0.4 is 15.8 Å². The van der Waals surface area contributed by atoms with E-state index in [2.05, 4.69) is 12.2 Å². The quantitative estimate of drug-likeness (QED) is 0.646. The summed E-state index contributed by atoms with van der Waals surface area (Å²) in [6.45, 7) is 4.07. The number of carbonyl (C=O) groups excluding carboxylic acids is 1. The Bertz CT molecular complexity index is 431. The lowest BCUT2D eigenvalue weighted by atomic mass is 9.92. The first kappa shape index (κ1) is 17.3. The van der Waals surface area contributed by atoms with Crippen molar-refractivity contribution in [3.63, 3.8) is 0 Å². The van der Waals surface area contributed by atoms with Gasteiger partial charge in [-0.1, -0.05) is 39.0 Å². The average Bonchev–Trinajstić information content (AvgIpc) is 2.47. The first-order valence-corrected chi connectivity index (χ1v) is 7.74. The number of anilines is 1. The molecular weight excluding hydrogens is 264 g/mol. The van der Waals surface area contributed by atoms with E-state index in [4.69, 9.17) is 10.5 Å². The molecule has 21 heavy (non-hydrogen) atoms. The van der Waals surface area contributed by atoms with E-state index in [0.717, 1.165) is 30.7 Å². The van der Waals surface area contributed by atoms with Gasteiger partial charge in [-0.3, -0.25) is 4.79 Å². The number of hydrogen-bond donors (Lipinski definition) is 2. The molecule has 0 bridgehead atoms. The number of ether oxygens (including phenoxy) is 1. The molecule has 0 aliphatic rings. The fourth-order valence-electron chi connectivity index (χ4n) is 2.32. The largest absolute Gasteiger partial charge is 0.497 e. The number of amides is 1. The molecular formula is C17H28N2O2. The summed E-state index contributed by atoms with van der Waals surface area (Å²) in [4.78, 5) is 11.8. The maximum absolute atomic E-state index is 11.8. The minimum atomic E-state index is -0.708. The summed E-state index contributed by atoms with van der Waals surface area (Å²) in [5, 5.41) is 3.27. The van der Waals surface area contributed by atoms with Crippen molar-refractivity contribution in [2.45, 2.75) is 57.9 Å². The first-order valence-electron chi connectivity index (χ1n) is 7.74. The van der Waals surface area contributed by atoms with Crippen LogP contribution in [0.1, 0.15) is 52.4 Å². The molecule has 0 heterocycles. The number of unbranched alkanes of at least 4 members (excludes halogenated alkanes) is 4. The molecule has 1 atom stereocenters. The normalized spacial score (nSPS) is 13.5. The molecule has 0 saturated heterocycles. The van der Waals surface area contributed by atoms with E-state index in [9.17, 15) is 4.79 Å². The molecule has 0 radical (unpaired) electrons. The number of carbonyl (C=O) groups is 1. The van der Waals surface area contributed by atoms with Crippen molar-refractivity contribution in [1.82, 2.24) is 0 Å². The van der Waals surface area contributed by atoms with Crippen molar-refractivity contribution < 1.29 is 9.53 Å². The predicted octanol–water partition coefficient (Wildman–Crippen LogP) is 3.71. The number of rotatable bonds is 10. The third-order valence-electron chi connectivity index (χ3n) is 3.83. The SMILES string of the molecule is CCCCCCCC(C)(Nc1ccc(OC)cc1)C(N)=O. The Morgan fingerprint density at radius 1 is 1.19 bits per heavy atom. The molecule has 3 N–H and O–H groups in total. The highest BCUT2D eigenvalue weighted by Gasteiger charge is 2.30. The minimum absolute atomic E-state index is 0.311. The lowest BCUT2D eigenvalue weighted by molar-refractivity contribution is -0.122. The number of nitrogens with two attached hydrogens (primary N) is 1. The maximum atomic E-state index is 11.8. The number of methoxy groups -OCH3 is 1. The summed E-state index contributed by atoms with van der Waals surface area (Å²) in [6, 6.07) is 7.53. The molecule has 4 nitrogen and oxygen atoms in total. The summed E-state index contributed by atoms with van der Waals surface area (Å²) < 4.78 is 5.13. The zero-order valence-electron chi connectivity index (χ0n) is 13.4. The Kier molecular flexibility index (Phi) is 7.06. The molecule has 118 valence electrons. The molecule has 0 aliphatic carbocycles. The van der Waals surface area contributed by atoms with Gasteiger partial charge in [-0.15, -0.1) is 0 Å². The summed E-state index contributed by atoms with van der Waals surface area (Å²) in [7, 11) is 1.63. The van der Waals surface area contributed by atoms with Gasteiger partial charge in [0.25, 0.3) is 0 Å². The molecule has 0 saturated carbocycles. The summed E-state index contributed by atoms with van der Waals surface area (Å²) in [5.74, 6) is 0.481. The van der Waals surface area contributed by atoms with E-state index in [1.54, 1.807) is 7.11 Å². The van der Waals surface area contributed by atoms with Gasteiger partial charge in [0.2, 0.25) is 5.91 Å². The fraction of sp³-hybridized carbons (Fsp3) is 0.588. The van der Waals surface area contributed by atoms with Crippen LogP contribution in [0.5, 0.6) is 5.75 Å². The van der Waals surface area contributed by atoms with Crippen molar-refractivity contribution in [3.05, 3.63) is 24.3 Å². The number of primary amides is 1. The molecule has 0 fully saturated rings. The second-order valence-corrected chi connectivity index (χ2v) is 5.71. The van der Waals surface area contributed by atoms with E-state index in [-0.39, 0.29) is 5.91 Å². The van der Waals surface area contributed by atoms with Crippen molar-refractivity contribution in [1.29, 1.82) is 0 Å². The van der Waals surface area contributed by atoms with Crippen molar-refractivity contribution in [2.75, 3.05) is 12.4 Å². The zero-order valence-corrected chi connectivity index (χ0v) is 13.4. The number of nitrogens with one attached hydrogen (secondary N) is 1. The molecule has 1 aromatic rings. The number of benzene rings is 1. The van der Waals surface area contributed by atoms with Crippen LogP contribution in [-0.2, 0) is 4.79 Å². The second kappa shape index (κ2) is 8.55. The smallest absolute Gasteiger partial charge is 0.242 e. The molecule has 4 heteroatoms. The van der Waals surface area contributed by atoms with Crippen molar-refractivity contribution >= 4 is 11.6 Å². The van der Waals surface area contributed by atoms with Crippen LogP contribution in [0.25, 0.3) is 0 Å². The lowest BCUT2D eigenvalue weighted by Gasteiger charge is -2.28. The van der Waals surface area contributed by atoms with Gasteiger partial charge in [-0.05, 0) is 37.6 Å². The third-order valence-corrected chi connectivity index (χ3v) is 3.83. The van der Waals surface area contributed by atoms with Crippen LogP contribution >= 0.6 is 0 Å². The van der Waals surface area contributed by atoms with Gasteiger partial charge in [0.1, 0.15) is 11.3 Å². The topological polar surface area (TPSA) is 64.3 Å². The first-order chi connectivity index (χ1) is 10.0. The molecule has 1 rings (SSSR count). The molecule has 0 aromatic heterocycles. The van der Waals surface area contributed by atoms with Crippen molar-refractivity contribution in [3.8, 4) is 5.75 Å². The summed E-state index contributed by atoms with van der Waals surface area (Å²) >= 11 is 0. The molecule has 1 aromatic carbocycles. The van der Waals surface area contributed by atoms with Gasteiger partial charge in [0.05, 0.1) is 7.11 Å². The Morgan fingerprint density at radius 3 is 2.33 bits per heavy atom. The van der Waals surface area contributed by atoms with E-state index in [1.165, 1.54) is 19.3 Å². The van der Waals surface area contributed by atoms with Gasteiger partial charge in [-0.25, -0.2) is 0 Å². The average molecular weight is 292 g/mol. The van der Waals surface area contributed by atoms with Crippen molar-refractivity contribution in [2.24, 2.45) is 5.73 Å². The molecule has 1 unspecified atom stereocenters. The summed E-state index contributed by atoms with van der Waals surface area (Å²) in [6.07, 6.45) is 6.58. The highest BCUT2D eigenvalue weighted by atomic mass is 16.5. The van der Waals surface area contributed by atoms with Gasteiger partial charge < -0.3 is 15.8 Å². The van der Waals surface area contributed by atoms with Crippen LogP contribution in [0.2, 0.25) is 0 Å². The van der Waals surface area contributed by atoms with E-state index >= 15 is 0 Å². The van der Waals surface area contributed by atoms with Crippen LogP contribution in [0.15, 0.2) is 24.3 Å². The second-order valence-electron chi connectivity index (χ2n) is 5.71. The Morgan fingerprint density at radius 2 is 1.81 bits per heavy atom. The van der Waals surface area contributed by atoms with Crippen LogP contribution in [-0.4, -0.2) is 18.6 Å². The summed E-state index contributed by atoms with van der Waals surface area (Å²) in [5.41, 5.74) is 5.76. The third kappa shape index (κ3) is 5.66. The van der Waals surface area contributed by atoms with E-state index in [0.29, 0.717) is 0 Å². The highest BCUT2D eigenvalue weighted by Crippen LogP contribution is 2.23. The molecule has 0 aliphatic heterocycles. The lowest BCUT2D eigenvalue weighted by Crippen LogP contribution is -2.47. The van der Waals surface area contributed by atoms with Crippen LogP contribution in [0, 0.1) is 0 Å². The van der Waals surface area contributed by atoms with E-state index in [1.807, 2.05) is 31.2 Å². The van der Waals surface area contributed by atoms with Crippen LogP contribution in [0.3, 0.4) is 0 Å². The van der Waals surface area contributed by atoms with E-state index < -0.39 is 5.54 Å². The van der Waals surface area contributed by atoms with Gasteiger partial charge in [0.15, 0.2) is 0 Å². The maximum Gasteiger partial charge on any atom is 0.242 e. The van der Waals surface area contributed by atoms with Gasteiger partial charge in [-0.2, -0.15) is 0 Å². The van der Waals surface area contributed by atoms with Crippen LogP contribution in [0.4, 0.5) is 5.69 Å². The fourth-order valence-corrected chi connectivity index (χ4v) is 2.32. The molecule has 1 amide bonds. The Labute approximate surface area is 128 Å². The zero-order chi connectivity index (χ0) is 15.7. The minimum Gasteiger partial charge on any atom is -0.497 e. The van der Waals surface area contributed by atoms with Gasteiger partial charge in [0, 0.05) is 5.69 Å². The predicted molar refractivity (Wildman–Crippen MR) is 87.6 cm³/mol. The number of hydrogen-bond acceptors (Lipinski definition) is 3. The highest BCUT2D eigenvalue weighted by molar-refractivity contribution is 5.87.